The van der Waals surface area contributed by atoms with Crippen LogP contribution in [-0.4, -0.2) is 23.5 Å². The Labute approximate surface area is 112 Å². The summed E-state index contributed by atoms with van der Waals surface area (Å²) in [5.41, 5.74) is 6.59. The van der Waals surface area contributed by atoms with Gasteiger partial charge in [-0.15, -0.1) is 0 Å². The Bertz CT molecular complexity index is 420. The molecule has 2 atom stereocenters. The number of amides is 1. The van der Waals surface area contributed by atoms with E-state index in [1.807, 2.05) is 18.2 Å². The maximum Gasteiger partial charge on any atom is 0.306 e. The van der Waals surface area contributed by atoms with Crippen molar-refractivity contribution in [2.75, 3.05) is 6.54 Å². The molecule has 0 spiro atoms. The lowest BCUT2D eigenvalue weighted by atomic mass is 10.1. The van der Waals surface area contributed by atoms with E-state index in [1.54, 1.807) is 19.1 Å². The Morgan fingerprint density at radius 2 is 1.95 bits per heavy atom. The molecule has 1 rings (SSSR count). The fourth-order valence-electron chi connectivity index (χ4n) is 1.67. The molecule has 1 aromatic carbocycles. The average Bonchev–Trinajstić information content (AvgIpc) is 2.43. The number of carboxylic acids is 1. The second-order valence-corrected chi connectivity index (χ2v) is 4.56. The number of carbonyl (C=O) groups excluding carboxylic acids is 1. The van der Waals surface area contributed by atoms with Crippen LogP contribution in [0.5, 0.6) is 0 Å². The van der Waals surface area contributed by atoms with Crippen molar-refractivity contribution in [3.63, 3.8) is 0 Å². The number of hydrogen-bond donors (Lipinski definition) is 3. The van der Waals surface area contributed by atoms with Crippen LogP contribution in [0.4, 0.5) is 0 Å². The first kappa shape index (κ1) is 15.2. The number of benzene rings is 1. The van der Waals surface area contributed by atoms with Crippen LogP contribution in [0.3, 0.4) is 0 Å². The van der Waals surface area contributed by atoms with Crippen LogP contribution in [0.1, 0.15) is 31.4 Å². The third kappa shape index (κ3) is 5.09. The minimum absolute atomic E-state index is 0.242. The number of carboxylic acid groups (broad SMARTS) is 1. The molecule has 5 nitrogen and oxygen atoms in total. The summed E-state index contributed by atoms with van der Waals surface area (Å²) < 4.78 is 0. The molecule has 0 bridgehead atoms. The predicted octanol–water partition coefficient (Wildman–Crippen LogP) is 1.30. The molecule has 0 heterocycles. The summed E-state index contributed by atoms with van der Waals surface area (Å²) >= 11 is 0. The fraction of sp³-hybridized carbons (Fsp3) is 0.429. The smallest absolute Gasteiger partial charge is 0.306 e. The van der Waals surface area contributed by atoms with E-state index in [0.29, 0.717) is 19.4 Å². The van der Waals surface area contributed by atoms with Gasteiger partial charge < -0.3 is 16.2 Å². The zero-order valence-electron chi connectivity index (χ0n) is 11.0. The molecule has 0 fully saturated rings. The molecule has 5 heteroatoms. The number of nitrogens with two attached hydrogens (primary N) is 1. The van der Waals surface area contributed by atoms with Crippen LogP contribution in [-0.2, 0) is 9.59 Å². The molecule has 0 saturated carbocycles. The molecule has 19 heavy (non-hydrogen) atoms. The summed E-state index contributed by atoms with van der Waals surface area (Å²) in [6.45, 7) is 2.09. The Hall–Kier alpha value is -1.88. The molecule has 104 valence electrons. The summed E-state index contributed by atoms with van der Waals surface area (Å²) in [4.78, 5) is 22.4. The van der Waals surface area contributed by atoms with E-state index in [9.17, 15) is 9.59 Å². The third-order valence-corrected chi connectivity index (χ3v) is 2.98. The van der Waals surface area contributed by atoms with Gasteiger partial charge in [0.2, 0.25) is 5.91 Å². The van der Waals surface area contributed by atoms with Crippen molar-refractivity contribution in [2.24, 2.45) is 11.7 Å². The SMILES string of the molecule is CC(CCCNC(=O)[C@H](N)c1ccccc1)C(=O)O. The molecule has 0 aliphatic heterocycles. The van der Waals surface area contributed by atoms with Crippen LogP contribution in [0.25, 0.3) is 0 Å². The summed E-state index contributed by atoms with van der Waals surface area (Å²) in [6.07, 6.45) is 1.16. The van der Waals surface area contributed by atoms with Crippen LogP contribution in [0.2, 0.25) is 0 Å². The average molecular weight is 264 g/mol. The van der Waals surface area contributed by atoms with Gasteiger partial charge >= 0.3 is 5.97 Å². The molecule has 1 aromatic rings. The molecule has 0 saturated heterocycles. The Morgan fingerprint density at radius 3 is 2.53 bits per heavy atom. The predicted molar refractivity (Wildman–Crippen MR) is 72.4 cm³/mol. The molecule has 1 amide bonds. The van der Waals surface area contributed by atoms with E-state index < -0.39 is 12.0 Å². The Kier molecular flexibility index (Phi) is 6.02. The van der Waals surface area contributed by atoms with Crippen molar-refractivity contribution in [1.82, 2.24) is 5.32 Å². The van der Waals surface area contributed by atoms with E-state index in [4.69, 9.17) is 10.8 Å². The van der Waals surface area contributed by atoms with Crippen LogP contribution < -0.4 is 11.1 Å². The van der Waals surface area contributed by atoms with Gasteiger partial charge in [0.05, 0.1) is 5.92 Å². The van der Waals surface area contributed by atoms with Gasteiger partial charge in [0.25, 0.3) is 0 Å². The first-order valence-corrected chi connectivity index (χ1v) is 6.33. The monoisotopic (exact) mass is 264 g/mol. The Morgan fingerprint density at radius 1 is 1.32 bits per heavy atom. The van der Waals surface area contributed by atoms with Crippen LogP contribution in [0.15, 0.2) is 30.3 Å². The van der Waals surface area contributed by atoms with E-state index in [1.165, 1.54) is 0 Å². The van der Waals surface area contributed by atoms with Crippen LogP contribution >= 0.6 is 0 Å². The lowest BCUT2D eigenvalue weighted by molar-refractivity contribution is -0.141. The molecule has 0 aliphatic rings. The van der Waals surface area contributed by atoms with Crippen molar-refractivity contribution in [1.29, 1.82) is 0 Å². The highest BCUT2D eigenvalue weighted by Gasteiger charge is 2.15. The Balaban J connectivity index is 2.30. The largest absolute Gasteiger partial charge is 0.481 e. The number of hydrogen-bond acceptors (Lipinski definition) is 3. The number of carbonyl (C=O) groups is 2. The van der Waals surface area contributed by atoms with Gasteiger partial charge in [0.15, 0.2) is 0 Å². The molecule has 4 N–H and O–H groups in total. The highest BCUT2D eigenvalue weighted by atomic mass is 16.4. The van der Waals surface area contributed by atoms with Gasteiger partial charge in [0.1, 0.15) is 6.04 Å². The van der Waals surface area contributed by atoms with Crippen molar-refractivity contribution >= 4 is 11.9 Å². The minimum Gasteiger partial charge on any atom is -0.481 e. The highest BCUT2D eigenvalue weighted by molar-refractivity contribution is 5.82. The van der Waals surface area contributed by atoms with Gasteiger partial charge in [-0.25, -0.2) is 0 Å². The van der Waals surface area contributed by atoms with E-state index >= 15 is 0 Å². The third-order valence-electron chi connectivity index (χ3n) is 2.98. The lowest BCUT2D eigenvalue weighted by Crippen LogP contribution is -2.34. The first-order valence-electron chi connectivity index (χ1n) is 6.33. The molecular formula is C14H20N2O3. The van der Waals surface area contributed by atoms with Crippen molar-refractivity contribution in [3.05, 3.63) is 35.9 Å². The quantitative estimate of drug-likeness (QED) is 0.647. The van der Waals surface area contributed by atoms with E-state index in [2.05, 4.69) is 5.32 Å². The molecule has 0 aromatic heterocycles. The van der Waals surface area contributed by atoms with Gasteiger partial charge in [-0.3, -0.25) is 9.59 Å². The fourth-order valence-corrected chi connectivity index (χ4v) is 1.67. The number of aliphatic carboxylic acids is 1. The zero-order chi connectivity index (χ0) is 14.3. The van der Waals surface area contributed by atoms with E-state index in [-0.39, 0.29) is 11.8 Å². The number of rotatable bonds is 7. The summed E-state index contributed by atoms with van der Waals surface area (Å²) in [7, 11) is 0. The van der Waals surface area contributed by atoms with Gasteiger partial charge in [-0.2, -0.15) is 0 Å². The zero-order valence-corrected chi connectivity index (χ0v) is 11.0. The lowest BCUT2D eigenvalue weighted by Gasteiger charge is -2.13. The second kappa shape index (κ2) is 7.53. The first-order chi connectivity index (χ1) is 9.02. The normalized spacial score (nSPS) is 13.6. The molecular weight excluding hydrogens is 244 g/mol. The highest BCUT2D eigenvalue weighted by Crippen LogP contribution is 2.09. The summed E-state index contributed by atoms with van der Waals surface area (Å²) in [6, 6.07) is 8.45. The van der Waals surface area contributed by atoms with Crippen molar-refractivity contribution in [2.45, 2.75) is 25.8 Å². The van der Waals surface area contributed by atoms with Gasteiger partial charge in [-0.05, 0) is 18.4 Å². The summed E-state index contributed by atoms with van der Waals surface area (Å²) in [5.74, 6) is -1.44. The summed E-state index contributed by atoms with van der Waals surface area (Å²) in [5, 5.41) is 11.4. The minimum atomic E-state index is -0.813. The van der Waals surface area contributed by atoms with Crippen molar-refractivity contribution in [3.8, 4) is 0 Å². The van der Waals surface area contributed by atoms with Gasteiger partial charge in [-0.1, -0.05) is 37.3 Å². The molecule has 0 radical (unpaired) electrons. The van der Waals surface area contributed by atoms with Crippen molar-refractivity contribution < 1.29 is 14.7 Å². The standard InChI is InChI=1S/C14H20N2O3/c1-10(14(18)19)6-5-9-16-13(17)12(15)11-7-3-2-4-8-11/h2-4,7-8,10,12H,5-6,9,15H2,1H3,(H,16,17)(H,18,19)/t10?,12-/m1/s1. The maximum absolute atomic E-state index is 11.8. The number of nitrogens with one attached hydrogen (secondary N) is 1. The topological polar surface area (TPSA) is 92.4 Å². The van der Waals surface area contributed by atoms with E-state index in [0.717, 1.165) is 5.56 Å². The molecule has 1 unspecified atom stereocenters. The van der Waals surface area contributed by atoms with Gasteiger partial charge in [0, 0.05) is 6.54 Å². The second-order valence-electron chi connectivity index (χ2n) is 4.56. The van der Waals surface area contributed by atoms with Crippen LogP contribution in [0, 0.1) is 5.92 Å². The molecule has 0 aliphatic carbocycles. The maximum atomic E-state index is 11.8.